The van der Waals surface area contributed by atoms with Gasteiger partial charge in [-0.15, -0.1) is 0 Å². The molecule has 1 saturated heterocycles. The molecular weight excluding hydrogens is 346 g/mol. The monoisotopic (exact) mass is 362 g/mol. The first-order chi connectivity index (χ1) is 12.5. The Morgan fingerprint density at radius 2 is 2.08 bits per heavy atom. The van der Waals surface area contributed by atoms with E-state index in [1.165, 1.54) is 12.4 Å². The average molecular weight is 362 g/mol. The highest BCUT2D eigenvalue weighted by molar-refractivity contribution is 6.00. The number of ether oxygens (including phenoxy) is 1. The summed E-state index contributed by atoms with van der Waals surface area (Å²) in [6.45, 7) is -0.222. The number of rotatable bonds is 3. The van der Waals surface area contributed by atoms with Crippen molar-refractivity contribution in [1.82, 2.24) is 14.5 Å². The Labute approximate surface area is 146 Å². The number of nitrogens with two attached hydrogens (primary N) is 1. The van der Waals surface area contributed by atoms with E-state index >= 15 is 0 Å². The molecule has 1 fully saturated rings. The number of fused-ring (bicyclic) bond motifs is 1. The van der Waals surface area contributed by atoms with Crippen LogP contribution in [0.25, 0.3) is 22.2 Å². The number of aromatic nitrogens is 3. The Morgan fingerprint density at radius 3 is 2.77 bits per heavy atom. The van der Waals surface area contributed by atoms with Crippen LogP contribution in [0.2, 0.25) is 0 Å². The van der Waals surface area contributed by atoms with Crippen LogP contribution in [-0.2, 0) is 4.74 Å². The van der Waals surface area contributed by atoms with E-state index in [1.807, 2.05) is 0 Å². The van der Waals surface area contributed by atoms with Gasteiger partial charge < -0.3 is 25.3 Å². The zero-order valence-corrected chi connectivity index (χ0v) is 13.5. The van der Waals surface area contributed by atoms with Crippen molar-refractivity contribution in [3.05, 3.63) is 42.4 Å². The molecule has 1 aliphatic heterocycles. The molecule has 0 spiro atoms. The van der Waals surface area contributed by atoms with Crippen LogP contribution >= 0.6 is 0 Å². The van der Waals surface area contributed by atoms with Gasteiger partial charge in [0.2, 0.25) is 0 Å². The molecule has 1 aromatic carbocycles. The van der Waals surface area contributed by atoms with Crippen LogP contribution < -0.4 is 5.73 Å². The van der Waals surface area contributed by atoms with E-state index in [1.54, 1.807) is 10.8 Å². The topological polar surface area (TPSA) is 106 Å². The third kappa shape index (κ3) is 2.61. The standard InChI is InChI=1S/C17H16F2N4O3/c18-11-2-1-8(3-12(11)19)10-5-23(16-14(10)15(20)21-7-22-16)17-13(25)4-9(6-24)26-17/h1-3,5,7,9,13,17,24-25H,4,6H2,(H2,20,21,22)/t9-,13+,17+/m0/s1. The van der Waals surface area contributed by atoms with Crippen LogP contribution in [0.15, 0.2) is 30.7 Å². The van der Waals surface area contributed by atoms with Gasteiger partial charge in [-0.2, -0.15) is 0 Å². The van der Waals surface area contributed by atoms with Crippen molar-refractivity contribution in [2.75, 3.05) is 12.3 Å². The first-order valence-corrected chi connectivity index (χ1v) is 8.00. The van der Waals surface area contributed by atoms with Crippen molar-refractivity contribution >= 4 is 16.9 Å². The lowest BCUT2D eigenvalue weighted by molar-refractivity contribution is -0.0483. The molecule has 3 heterocycles. The molecule has 26 heavy (non-hydrogen) atoms. The molecular formula is C17H16F2N4O3. The Bertz CT molecular complexity index is 978. The number of halogens is 2. The minimum absolute atomic E-state index is 0.166. The highest BCUT2D eigenvalue weighted by atomic mass is 19.2. The minimum atomic E-state index is -0.990. The predicted molar refractivity (Wildman–Crippen MR) is 88.9 cm³/mol. The lowest BCUT2D eigenvalue weighted by Crippen LogP contribution is -2.19. The fraction of sp³-hybridized carbons (Fsp3) is 0.294. The highest BCUT2D eigenvalue weighted by Gasteiger charge is 2.36. The summed E-state index contributed by atoms with van der Waals surface area (Å²) in [4.78, 5) is 8.17. The van der Waals surface area contributed by atoms with Gasteiger partial charge in [0.05, 0.1) is 18.1 Å². The molecule has 0 aliphatic carbocycles. The molecule has 0 radical (unpaired) electrons. The molecule has 0 unspecified atom stereocenters. The van der Waals surface area contributed by atoms with Crippen LogP contribution in [-0.4, -0.2) is 43.6 Å². The summed E-state index contributed by atoms with van der Waals surface area (Å²) in [6.07, 6.45) is 0.990. The molecule has 2 aromatic heterocycles. The van der Waals surface area contributed by atoms with Crippen molar-refractivity contribution in [3.63, 3.8) is 0 Å². The predicted octanol–water partition coefficient (Wildman–Crippen LogP) is 1.60. The average Bonchev–Trinajstić information content (AvgIpc) is 3.18. The molecule has 4 N–H and O–H groups in total. The number of anilines is 1. The van der Waals surface area contributed by atoms with Crippen LogP contribution in [0.4, 0.5) is 14.6 Å². The van der Waals surface area contributed by atoms with Crippen molar-refractivity contribution in [3.8, 4) is 11.1 Å². The van der Waals surface area contributed by atoms with Gasteiger partial charge in [-0.1, -0.05) is 6.07 Å². The minimum Gasteiger partial charge on any atom is -0.394 e. The van der Waals surface area contributed by atoms with Gasteiger partial charge in [0.15, 0.2) is 17.9 Å². The number of aliphatic hydroxyl groups excluding tert-OH is 2. The Kier molecular flexibility index (Phi) is 4.06. The summed E-state index contributed by atoms with van der Waals surface area (Å²) in [5.74, 6) is -1.78. The molecule has 9 heteroatoms. The summed E-state index contributed by atoms with van der Waals surface area (Å²) in [5.41, 5.74) is 7.25. The van der Waals surface area contributed by atoms with Gasteiger partial charge in [0.1, 0.15) is 23.9 Å². The number of benzene rings is 1. The smallest absolute Gasteiger partial charge is 0.161 e. The molecule has 136 valence electrons. The second-order valence-corrected chi connectivity index (χ2v) is 6.17. The fourth-order valence-corrected chi connectivity index (χ4v) is 3.28. The highest BCUT2D eigenvalue weighted by Crippen LogP contribution is 2.38. The van der Waals surface area contributed by atoms with Crippen LogP contribution in [0, 0.1) is 11.6 Å². The maximum Gasteiger partial charge on any atom is 0.161 e. The van der Waals surface area contributed by atoms with E-state index in [2.05, 4.69) is 9.97 Å². The zero-order valence-electron chi connectivity index (χ0n) is 13.5. The van der Waals surface area contributed by atoms with Gasteiger partial charge in [0, 0.05) is 18.2 Å². The summed E-state index contributed by atoms with van der Waals surface area (Å²) >= 11 is 0. The lowest BCUT2D eigenvalue weighted by atomic mass is 10.1. The fourth-order valence-electron chi connectivity index (χ4n) is 3.28. The number of hydrogen-bond acceptors (Lipinski definition) is 6. The third-order valence-corrected chi connectivity index (χ3v) is 4.51. The molecule has 7 nitrogen and oxygen atoms in total. The maximum absolute atomic E-state index is 13.7. The SMILES string of the molecule is Nc1ncnc2c1c(-c1ccc(F)c(F)c1)cn2[C@@H]1O[C@H](CO)C[C@H]1O. The van der Waals surface area contributed by atoms with E-state index in [0.29, 0.717) is 22.2 Å². The zero-order chi connectivity index (χ0) is 18.4. The van der Waals surface area contributed by atoms with Gasteiger partial charge in [-0.3, -0.25) is 0 Å². The van der Waals surface area contributed by atoms with Crippen LogP contribution in [0.1, 0.15) is 12.6 Å². The number of hydrogen-bond donors (Lipinski definition) is 3. The first kappa shape index (κ1) is 16.8. The number of nitrogen functional groups attached to an aromatic ring is 1. The van der Waals surface area contributed by atoms with Crippen molar-refractivity contribution in [1.29, 1.82) is 0 Å². The molecule has 0 bridgehead atoms. The lowest BCUT2D eigenvalue weighted by Gasteiger charge is -2.17. The van der Waals surface area contributed by atoms with E-state index in [4.69, 9.17) is 10.5 Å². The van der Waals surface area contributed by atoms with E-state index in [-0.39, 0.29) is 18.8 Å². The second kappa shape index (κ2) is 6.27. The Balaban J connectivity index is 1.91. The second-order valence-electron chi connectivity index (χ2n) is 6.17. The van der Waals surface area contributed by atoms with E-state index < -0.39 is 30.1 Å². The van der Waals surface area contributed by atoms with Crippen LogP contribution in [0.3, 0.4) is 0 Å². The maximum atomic E-state index is 13.7. The van der Waals surface area contributed by atoms with Crippen molar-refractivity contribution in [2.45, 2.75) is 24.9 Å². The number of aliphatic hydroxyl groups is 2. The van der Waals surface area contributed by atoms with Gasteiger partial charge in [0.25, 0.3) is 0 Å². The molecule has 3 atom stereocenters. The number of nitrogens with zero attached hydrogens (tertiary/aromatic N) is 3. The van der Waals surface area contributed by atoms with Crippen LogP contribution in [0.5, 0.6) is 0 Å². The summed E-state index contributed by atoms with van der Waals surface area (Å²) < 4.78 is 34.2. The molecule has 0 amide bonds. The van der Waals surface area contributed by atoms with Crippen molar-refractivity contribution in [2.24, 2.45) is 0 Å². The van der Waals surface area contributed by atoms with Gasteiger partial charge >= 0.3 is 0 Å². The normalized spacial score (nSPS) is 23.0. The molecule has 0 saturated carbocycles. The molecule has 1 aliphatic rings. The summed E-state index contributed by atoms with van der Waals surface area (Å²) in [6, 6.07) is 3.51. The summed E-state index contributed by atoms with van der Waals surface area (Å²) in [5, 5.41) is 20.0. The van der Waals surface area contributed by atoms with E-state index in [9.17, 15) is 19.0 Å². The third-order valence-electron chi connectivity index (χ3n) is 4.51. The Morgan fingerprint density at radius 1 is 1.27 bits per heavy atom. The summed E-state index contributed by atoms with van der Waals surface area (Å²) in [7, 11) is 0. The molecule has 4 rings (SSSR count). The quantitative estimate of drug-likeness (QED) is 0.653. The van der Waals surface area contributed by atoms with Crippen molar-refractivity contribution < 1.29 is 23.7 Å². The Hall–Kier alpha value is -2.62. The largest absolute Gasteiger partial charge is 0.394 e. The van der Waals surface area contributed by atoms with Gasteiger partial charge in [-0.05, 0) is 17.7 Å². The van der Waals surface area contributed by atoms with E-state index in [0.717, 1.165) is 12.1 Å². The first-order valence-electron chi connectivity index (χ1n) is 8.00. The van der Waals surface area contributed by atoms with Gasteiger partial charge in [-0.25, -0.2) is 18.7 Å². The molecule has 3 aromatic rings.